The van der Waals surface area contributed by atoms with E-state index in [1.54, 1.807) is 0 Å². The van der Waals surface area contributed by atoms with Crippen molar-refractivity contribution >= 4 is 5.91 Å². The molecule has 19 heavy (non-hydrogen) atoms. The number of hydrogen-bond donors (Lipinski definition) is 2. The van der Waals surface area contributed by atoms with Crippen LogP contribution < -0.4 is 10.6 Å². The topological polar surface area (TPSA) is 41.1 Å². The second-order valence-electron chi connectivity index (χ2n) is 5.51. The van der Waals surface area contributed by atoms with E-state index in [0.717, 1.165) is 25.7 Å². The van der Waals surface area contributed by atoms with Crippen LogP contribution in [-0.2, 0) is 17.6 Å². The Hall–Kier alpha value is -1.35. The van der Waals surface area contributed by atoms with Crippen molar-refractivity contribution in [2.45, 2.75) is 51.6 Å². The maximum absolute atomic E-state index is 11.8. The molecule has 0 heterocycles. The average molecular weight is 260 g/mol. The normalized spacial score (nSPS) is 16.1. The molecule has 0 aromatic heterocycles. The molecule has 1 atom stereocenters. The summed E-state index contributed by atoms with van der Waals surface area (Å²) in [4.78, 5) is 11.8. The van der Waals surface area contributed by atoms with E-state index in [2.05, 4.69) is 48.7 Å². The molecule has 1 aliphatic rings. The van der Waals surface area contributed by atoms with Gasteiger partial charge in [-0.05, 0) is 37.3 Å². The molecule has 104 valence electrons. The Labute approximate surface area is 115 Å². The number of amides is 1. The molecule has 2 N–H and O–H groups in total. The first-order valence-electron chi connectivity index (χ1n) is 7.28. The number of carbonyl (C=O) groups is 1. The maximum atomic E-state index is 11.8. The van der Waals surface area contributed by atoms with Gasteiger partial charge in [-0.2, -0.15) is 0 Å². The minimum Gasteiger partial charge on any atom is -0.353 e. The van der Waals surface area contributed by atoms with Gasteiger partial charge in [-0.25, -0.2) is 0 Å². The molecule has 1 unspecified atom stereocenters. The Morgan fingerprint density at radius 2 is 1.95 bits per heavy atom. The lowest BCUT2D eigenvalue weighted by atomic mass is 10.1. The monoisotopic (exact) mass is 260 g/mol. The van der Waals surface area contributed by atoms with Crippen molar-refractivity contribution in [2.24, 2.45) is 0 Å². The molecule has 0 fully saturated rings. The van der Waals surface area contributed by atoms with Crippen molar-refractivity contribution in [1.82, 2.24) is 10.6 Å². The SMILES string of the molecule is CCCC(C)NC(=O)CNC1Cc2ccccc2C1. The van der Waals surface area contributed by atoms with Crippen molar-refractivity contribution in [3.05, 3.63) is 35.4 Å². The third kappa shape index (κ3) is 4.06. The number of hydrogen-bond acceptors (Lipinski definition) is 2. The van der Waals surface area contributed by atoms with Crippen LogP contribution in [0.1, 0.15) is 37.8 Å². The van der Waals surface area contributed by atoms with Gasteiger partial charge in [0, 0.05) is 12.1 Å². The fourth-order valence-electron chi connectivity index (χ4n) is 2.77. The Morgan fingerprint density at radius 3 is 2.53 bits per heavy atom. The first kappa shape index (κ1) is 14.1. The molecule has 1 aliphatic carbocycles. The van der Waals surface area contributed by atoms with E-state index in [-0.39, 0.29) is 11.9 Å². The van der Waals surface area contributed by atoms with Gasteiger partial charge in [-0.3, -0.25) is 4.79 Å². The molecule has 0 saturated carbocycles. The van der Waals surface area contributed by atoms with Gasteiger partial charge in [-0.15, -0.1) is 0 Å². The van der Waals surface area contributed by atoms with Gasteiger partial charge in [0.25, 0.3) is 0 Å². The summed E-state index contributed by atoms with van der Waals surface area (Å²) in [6.07, 6.45) is 4.22. The van der Waals surface area contributed by atoms with Crippen LogP contribution in [0.15, 0.2) is 24.3 Å². The summed E-state index contributed by atoms with van der Waals surface area (Å²) in [6.45, 7) is 4.62. The molecule has 1 aromatic rings. The van der Waals surface area contributed by atoms with E-state index in [9.17, 15) is 4.79 Å². The third-order valence-corrected chi connectivity index (χ3v) is 3.73. The highest BCUT2D eigenvalue weighted by molar-refractivity contribution is 5.78. The molecular formula is C16H24N2O. The fourth-order valence-corrected chi connectivity index (χ4v) is 2.77. The van der Waals surface area contributed by atoms with Crippen LogP contribution in [0.3, 0.4) is 0 Å². The van der Waals surface area contributed by atoms with E-state index < -0.39 is 0 Å². The number of carbonyl (C=O) groups excluding carboxylic acids is 1. The quantitative estimate of drug-likeness (QED) is 0.822. The van der Waals surface area contributed by atoms with Gasteiger partial charge < -0.3 is 10.6 Å². The zero-order chi connectivity index (χ0) is 13.7. The lowest BCUT2D eigenvalue weighted by molar-refractivity contribution is -0.121. The Morgan fingerprint density at radius 1 is 1.32 bits per heavy atom. The van der Waals surface area contributed by atoms with Crippen LogP contribution in [0.25, 0.3) is 0 Å². The Balaban J connectivity index is 1.72. The minimum atomic E-state index is 0.108. The number of fused-ring (bicyclic) bond motifs is 1. The molecule has 1 aromatic carbocycles. The van der Waals surface area contributed by atoms with E-state index in [4.69, 9.17) is 0 Å². The van der Waals surface area contributed by atoms with Crippen LogP contribution in [-0.4, -0.2) is 24.5 Å². The van der Waals surface area contributed by atoms with Crippen LogP contribution in [0, 0.1) is 0 Å². The predicted molar refractivity (Wildman–Crippen MR) is 78.2 cm³/mol. The zero-order valence-electron chi connectivity index (χ0n) is 11.9. The highest BCUT2D eigenvalue weighted by Gasteiger charge is 2.20. The number of nitrogens with one attached hydrogen (secondary N) is 2. The van der Waals surface area contributed by atoms with Crippen LogP contribution in [0.5, 0.6) is 0 Å². The lowest BCUT2D eigenvalue weighted by Gasteiger charge is -2.15. The first-order valence-corrected chi connectivity index (χ1v) is 7.28. The standard InChI is InChI=1S/C16H24N2O/c1-3-6-12(2)18-16(19)11-17-15-9-13-7-4-5-8-14(13)10-15/h4-5,7-8,12,15,17H,3,6,9-11H2,1-2H3,(H,18,19). The average Bonchev–Trinajstić information content (AvgIpc) is 2.79. The summed E-state index contributed by atoms with van der Waals surface area (Å²) < 4.78 is 0. The van der Waals surface area contributed by atoms with E-state index >= 15 is 0 Å². The van der Waals surface area contributed by atoms with E-state index in [1.165, 1.54) is 11.1 Å². The molecule has 2 rings (SSSR count). The smallest absolute Gasteiger partial charge is 0.234 e. The molecule has 0 spiro atoms. The van der Waals surface area contributed by atoms with Crippen LogP contribution in [0.4, 0.5) is 0 Å². The van der Waals surface area contributed by atoms with E-state index in [1.807, 2.05) is 0 Å². The molecule has 3 heteroatoms. The van der Waals surface area contributed by atoms with Crippen molar-refractivity contribution in [1.29, 1.82) is 0 Å². The first-order chi connectivity index (χ1) is 9.19. The van der Waals surface area contributed by atoms with Gasteiger partial charge in [-0.1, -0.05) is 37.6 Å². The van der Waals surface area contributed by atoms with Gasteiger partial charge in [0.1, 0.15) is 0 Å². The second-order valence-corrected chi connectivity index (χ2v) is 5.51. The maximum Gasteiger partial charge on any atom is 0.234 e. The zero-order valence-corrected chi connectivity index (χ0v) is 11.9. The highest BCUT2D eigenvalue weighted by Crippen LogP contribution is 2.21. The van der Waals surface area contributed by atoms with Crippen molar-refractivity contribution < 1.29 is 4.79 Å². The molecular weight excluding hydrogens is 236 g/mol. The molecule has 0 saturated heterocycles. The van der Waals surface area contributed by atoms with Crippen molar-refractivity contribution in [2.75, 3.05) is 6.54 Å². The lowest BCUT2D eigenvalue weighted by Crippen LogP contribution is -2.42. The summed E-state index contributed by atoms with van der Waals surface area (Å²) in [6, 6.07) is 9.21. The molecule has 0 aliphatic heterocycles. The molecule has 3 nitrogen and oxygen atoms in total. The van der Waals surface area contributed by atoms with E-state index in [0.29, 0.717) is 12.6 Å². The van der Waals surface area contributed by atoms with Gasteiger partial charge in [0.2, 0.25) is 5.91 Å². The second kappa shape index (κ2) is 6.71. The van der Waals surface area contributed by atoms with Crippen LogP contribution in [0.2, 0.25) is 0 Å². The van der Waals surface area contributed by atoms with Crippen molar-refractivity contribution in [3.8, 4) is 0 Å². The minimum absolute atomic E-state index is 0.108. The number of rotatable bonds is 6. The van der Waals surface area contributed by atoms with Crippen LogP contribution >= 0.6 is 0 Å². The summed E-state index contributed by atoms with van der Waals surface area (Å²) in [5, 5.41) is 6.39. The van der Waals surface area contributed by atoms with Gasteiger partial charge in [0.15, 0.2) is 0 Å². The summed E-state index contributed by atoms with van der Waals surface area (Å²) in [7, 11) is 0. The summed E-state index contributed by atoms with van der Waals surface area (Å²) in [5.41, 5.74) is 2.83. The van der Waals surface area contributed by atoms with Crippen molar-refractivity contribution in [3.63, 3.8) is 0 Å². The Bertz CT molecular complexity index is 406. The summed E-state index contributed by atoms with van der Waals surface area (Å²) >= 11 is 0. The highest BCUT2D eigenvalue weighted by atomic mass is 16.1. The Kier molecular flexibility index (Phi) is 4.97. The predicted octanol–water partition coefficient (Wildman–Crippen LogP) is 2.05. The number of benzene rings is 1. The molecule has 0 bridgehead atoms. The molecule has 0 radical (unpaired) electrons. The third-order valence-electron chi connectivity index (χ3n) is 3.73. The van der Waals surface area contributed by atoms with Gasteiger partial charge in [0.05, 0.1) is 6.54 Å². The fraction of sp³-hybridized carbons (Fsp3) is 0.562. The van der Waals surface area contributed by atoms with Gasteiger partial charge >= 0.3 is 0 Å². The molecule has 1 amide bonds. The largest absolute Gasteiger partial charge is 0.353 e. The summed E-state index contributed by atoms with van der Waals surface area (Å²) in [5.74, 6) is 0.108.